The molecule has 12 heavy (non-hydrogen) atoms. The van der Waals surface area contributed by atoms with Crippen molar-refractivity contribution in [3.63, 3.8) is 0 Å². The maximum atomic E-state index is 12.0. The van der Waals surface area contributed by atoms with E-state index in [4.69, 9.17) is 4.74 Å². The highest BCUT2D eigenvalue weighted by Gasteiger charge is 2.37. The molecule has 1 aliphatic rings. The Balaban J connectivity index is 2.23. The summed E-state index contributed by atoms with van der Waals surface area (Å²) in [5, 5.41) is 0. The average molecular weight is 178 g/mol. The van der Waals surface area contributed by atoms with Crippen LogP contribution < -0.4 is 0 Å². The first-order chi connectivity index (χ1) is 5.57. The maximum absolute atomic E-state index is 12.0. The van der Waals surface area contributed by atoms with Crippen LogP contribution in [-0.4, -0.2) is 6.61 Å². The Kier molecular flexibility index (Phi) is 1.44. The van der Waals surface area contributed by atoms with Gasteiger partial charge >= 0.3 is 6.18 Å². The Morgan fingerprint density at radius 3 is 2.42 bits per heavy atom. The average Bonchev–Trinajstić information content (AvgIpc) is 2.66. The van der Waals surface area contributed by atoms with E-state index in [0.29, 0.717) is 6.61 Å². The summed E-state index contributed by atoms with van der Waals surface area (Å²) in [5.41, 5.74) is 0. The van der Waals surface area contributed by atoms with E-state index < -0.39 is 11.9 Å². The minimum Gasteiger partial charge on any atom is -0.454 e. The van der Waals surface area contributed by atoms with Gasteiger partial charge in [0.05, 0.1) is 6.61 Å². The Labute approximate surface area is 65.9 Å². The van der Waals surface area contributed by atoms with Crippen molar-refractivity contribution in [1.29, 1.82) is 0 Å². The molecule has 5 heteroatoms. The van der Waals surface area contributed by atoms with Crippen molar-refractivity contribution in [2.24, 2.45) is 0 Å². The van der Waals surface area contributed by atoms with Crippen molar-refractivity contribution in [3.8, 4) is 0 Å². The number of hydrogen-bond donors (Lipinski definition) is 0. The van der Waals surface area contributed by atoms with Crippen molar-refractivity contribution < 1.29 is 22.3 Å². The smallest absolute Gasteiger partial charge is 0.449 e. The molecule has 66 valence electrons. The second kappa shape index (κ2) is 2.26. The minimum absolute atomic E-state index is 0.252. The minimum atomic E-state index is -4.40. The van der Waals surface area contributed by atoms with Crippen molar-refractivity contribution >= 4 is 0 Å². The van der Waals surface area contributed by atoms with Gasteiger partial charge in [-0.05, 0) is 12.1 Å². The van der Waals surface area contributed by atoms with Gasteiger partial charge in [-0.3, -0.25) is 0 Å². The van der Waals surface area contributed by atoms with Crippen LogP contribution in [0.4, 0.5) is 13.2 Å². The molecule has 1 saturated heterocycles. The van der Waals surface area contributed by atoms with Crippen LogP contribution in [-0.2, 0) is 10.9 Å². The van der Waals surface area contributed by atoms with Crippen LogP contribution in [0.25, 0.3) is 0 Å². The molecule has 1 atom stereocenters. The Morgan fingerprint density at radius 1 is 1.33 bits per heavy atom. The molecule has 1 aromatic rings. The molecule has 0 bridgehead atoms. The van der Waals surface area contributed by atoms with E-state index in [1.54, 1.807) is 0 Å². The number of furan rings is 1. The Bertz CT molecular complexity index is 285. The summed E-state index contributed by atoms with van der Waals surface area (Å²) in [4.78, 5) is 0. The van der Waals surface area contributed by atoms with E-state index in [1.165, 1.54) is 6.07 Å². The molecule has 1 aromatic heterocycles. The van der Waals surface area contributed by atoms with Crippen LogP contribution >= 0.6 is 0 Å². The van der Waals surface area contributed by atoms with E-state index >= 15 is 0 Å². The third-order valence-corrected chi connectivity index (χ3v) is 1.56. The second-order valence-corrected chi connectivity index (χ2v) is 2.52. The zero-order chi connectivity index (χ0) is 8.77. The zero-order valence-electron chi connectivity index (χ0n) is 5.89. The highest BCUT2D eigenvalue weighted by atomic mass is 19.4. The molecular formula is C7H5F3O2. The van der Waals surface area contributed by atoms with Gasteiger partial charge in [0.2, 0.25) is 5.76 Å². The number of alkyl halides is 3. The molecule has 2 nitrogen and oxygen atoms in total. The summed E-state index contributed by atoms with van der Waals surface area (Å²) >= 11 is 0. The van der Waals surface area contributed by atoms with Crippen molar-refractivity contribution in [3.05, 3.63) is 23.7 Å². The summed E-state index contributed by atoms with van der Waals surface area (Å²) in [6, 6.07) is 2.21. The van der Waals surface area contributed by atoms with Gasteiger partial charge in [0, 0.05) is 0 Å². The lowest BCUT2D eigenvalue weighted by atomic mass is 10.3. The van der Waals surface area contributed by atoms with Crippen molar-refractivity contribution in [2.75, 3.05) is 6.61 Å². The molecule has 0 spiro atoms. The third kappa shape index (κ3) is 1.32. The van der Waals surface area contributed by atoms with Crippen LogP contribution in [0.5, 0.6) is 0 Å². The maximum Gasteiger partial charge on any atom is 0.449 e. The number of epoxide rings is 1. The van der Waals surface area contributed by atoms with Gasteiger partial charge in [0.1, 0.15) is 11.9 Å². The lowest BCUT2D eigenvalue weighted by Crippen LogP contribution is -2.02. The monoisotopic (exact) mass is 178 g/mol. The molecule has 0 aliphatic carbocycles. The van der Waals surface area contributed by atoms with Gasteiger partial charge in [-0.25, -0.2) is 0 Å². The molecule has 0 amide bonds. The molecule has 2 heterocycles. The third-order valence-electron chi connectivity index (χ3n) is 1.56. The summed E-state index contributed by atoms with van der Waals surface area (Å²) in [7, 11) is 0. The number of hydrogen-bond acceptors (Lipinski definition) is 2. The molecule has 0 N–H and O–H groups in total. The van der Waals surface area contributed by atoms with Gasteiger partial charge < -0.3 is 9.15 Å². The molecule has 0 unspecified atom stereocenters. The molecular weight excluding hydrogens is 173 g/mol. The fraction of sp³-hybridized carbons (Fsp3) is 0.429. The molecule has 1 fully saturated rings. The van der Waals surface area contributed by atoms with Crippen molar-refractivity contribution in [2.45, 2.75) is 12.3 Å². The number of halogens is 3. The fourth-order valence-corrected chi connectivity index (χ4v) is 0.891. The zero-order valence-corrected chi connectivity index (χ0v) is 5.89. The number of rotatable bonds is 1. The van der Waals surface area contributed by atoms with Gasteiger partial charge in [-0.1, -0.05) is 0 Å². The quantitative estimate of drug-likeness (QED) is 0.617. The predicted octanol–water partition coefficient (Wildman–Crippen LogP) is 2.37. The standard InChI is InChI=1S/C7H5F3O2/c8-7(9,10)6-2-1-4(12-6)5-3-11-5/h1-2,5H,3H2/t5-/m0/s1. The van der Waals surface area contributed by atoms with Gasteiger partial charge in [-0.2, -0.15) is 13.2 Å². The van der Waals surface area contributed by atoms with Gasteiger partial charge in [-0.15, -0.1) is 0 Å². The van der Waals surface area contributed by atoms with E-state index in [2.05, 4.69) is 4.42 Å². The van der Waals surface area contributed by atoms with Crippen LogP contribution in [0.1, 0.15) is 17.6 Å². The highest BCUT2D eigenvalue weighted by Crippen LogP contribution is 2.36. The first kappa shape index (κ1) is 7.67. The topological polar surface area (TPSA) is 25.7 Å². The van der Waals surface area contributed by atoms with Gasteiger partial charge in [0.15, 0.2) is 0 Å². The Morgan fingerprint density at radius 2 is 2.00 bits per heavy atom. The summed E-state index contributed by atoms with van der Waals surface area (Å²) in [6.07, 6.45) is -4.66. The van der Waals surface area contributed by atoms with Crippen LogP contribution in [0.3, 0.4) is 0 Å². The molecule has 0 saturated carbocycles. The highest BCUT2D eigenvalue weighted by molar-refractivity contribution is 5.13. The van der Waals surface area contributed by atoms with E-state index in [-0.39, 0.29) is 11.9 Å². The normalized spacial score (nSPS) is 22.8. The largest absolute Gasteiger partial charge is 0.454 e. The van der Waals surface area contributed by atoms with E-state index in [0.717, 1.165) is 6.07 Å². The molecule has 1 aliphatic heterocycles. The molecule has 2 rings (SSSR count). The summed E-state index contributed by atoms with van der Waals surface area (Å²) < 4.78 is 45.1. The lowest BCUT2D eigenvalue weighted by molar-refractivity contribution is -0.153. The van der Waals surface area contributed by atoms with E-state index in [9.17, 15) is 13.2 Å². The summed E-state index contributed by atoms with van der Waals surface area (Å²) in [6.45, 7) is 0.449. The number of ether oxygens (including phenoxy) is 1. The van der Waals surface area contributed by atoms with Crippen molar-refractivity contribution in [1.82, 2.24) is 0 Å². The van der Waals surface area contributed by atoms with Crippen LogP contribution in [0.15, 0.2) is 16.5 Å². The lowest BCUT2D eigenvalue weighted by Gasteiger charge is -1.99. The first-order valence-electron chi connectivity index (χ1n) is 3.36. The SMILES string of the molecule is FC(F)(F)c1ccc([C@@H]2CO2)o1. The summed E-state index contributed by atoms with van der Waals surface area (Å²) in [5.74, 6) is -0.713. The van der Waals surface area contributed by atoms with Crippen LogP contribution in [0.2, 0.25) is 0 Å². The molecule has 0 radical (unpaired) electrons. The first-order valence-corrected chi connectivity index (χ1v) is 3.36. The van der Waals surface area contributed by atoms with E-state index in [1.807, 2.05) is 0 Å². The van der Waals surface area contributed by atoms with Gasteiger partial charge in [0.25, 0.3) is 0 Å². The van der Waals surface area contributed by atoms with Crippen LogP contribution in [0, 0.1) is 0 Å². The Hall–Kier alpha value is -0.970. The fourth-order valence-electron chi connectivity index (χ4n) is 0.891. The second-order valence-electron chi connectivity index (χ2n) is 2.52. The molecule has 0 aromatic carbocycles. The predicted molar refractivity (Wildman–Crippen MR) is 32.4 cm³/mol.